The Morgan fingerprint density at radius 3 is 2.61 bits per heavy atom. The summed E-state index contributed by atoms with van der Waals surface area (Å²) in [6.45, 7) is 2.81. The Hall–Kier alpha value is -3.53. The quantitative estimate of drug-likeness (QED) is 0.599. The summed E-state index contributed by atoms with van der Waals surface area (Å²) in [4.78, 5) is 32.8. The third-order valence-electron chi connectivity index (χ3n) is 5.59. The molecule has 3 aromatic rings. The van der Waals surface area contributed by atoms with E-state index >= 15 is 8.78 Å². The number of carbonyl (C=O) groups is 2. The number of pyridine rings is 1. The van der Waals surface area contributed by atoms with Crippen LogP contribution in [0.2, 0.25) is 0 Å². The summed E-state index contributed by atoms with van der Waals surface area (Å²) in [5, 5.41) is 0. The van der Waals surface area contributed by atoms with E-state index in [1.165, 1.54) is 12.0 Å². The minimum Gasteiger partial charge on any atom is -0.465 e. The highest BCUT2D eigenvalue weighted by Gasteiger charge is 2.29. The van der Waals surface area contributed by atoms with Crippen LogP contribution in [0, 0.1) is 18.6 Å². The molecule has 1 fully saturated rings. The van der Waals surface area contributed by atoms with Crippen molar-refractivity contribution in [2.24, 2.45) is 0 Å². The van der Waals surface area contributed by atoms with E-state index in [4.69, 9.17) is 9.47 Å². The monoisotopic (exact) mass is 459 g/mol. The first-order chi connectivity index (χ1) is 15.8. The molecule has 1 aliphatic rings. The first kappa shape index (κ1) is 22.7. The Balaban J connectivity index is 1.79. The number of halogens is 2. The molecule has 3 heterocycles. The van der Waals surface area contributed by atoms with E-state index in [1.807, 2.05) is 13.0 Å². The summed E-state index contributed by atoms with van der Waals surface area (Å²) in [6.07, 6.45) is 1.01. The Morgan fingerprint density at radius 2 is 1.94 bits per heavy atom. The third kappa shape index (κ3) is 4.38. The first-order valence-electron chi connectivity index (χ1n) is 10.3. The van der Waals surface area contributed by atoms with Crippen LogP contribution < -0.4 is 0 Å². The maximum absolute atomic E-state index is 15.1. The molecule has 0 bridgehead atoms. The van der Waals surface area contributed by atoms with E-state index in [1.54, 1.807) is 6.20 Å². The molecule has 1 saturated heterocycles. The lowest BCUT2D eigenvalue weighted by Gasteiger charge is -2.32. The molecule has 1 N–H and O–H groups in total. The van der Waals surface area contributed by atoms with Crippen LogP contribution in [0.5, 0.6) is 0 Å². The molecule has 0 unspecified atom stereocenters. The number of amides is 1. The second-order valence-corrected chi connectivity index (χ2v) is 7.81. The van der Waals surface area contributed by atoms with Gasteiger partial charge in [0.2, 0.25) is 0 Å². The van der Waals surface area contributed by atoms with Crippen LogP contribution in [0.25, 0.3) is 22.3 Å². The number of nitrogens with one attached hydrogen (secondary N) is 1. The Bertz CT molecular complexity index is 1200. The first-order valence-corrected chi connectivity index (χ1v) is 10.3. The van der Waals surface area contributed by atoms with Crippen molar-refractivity contribution in [2.45, 2.75) is 19.4 Å². The van der Waals surface area contributed by atoms with Crippen LogP contribution in [-0.2, 0) is 20.6 Å². The van der Waals surface area contributed by atoms with Crippen LogP contribution >= 0.6 is 0 Å². The van der Waals surface area contributed by atoms with Crippen molar-refractivity contribution in [3.63, 3.8) is 0 Å². The van der Waals surface area contributed by atoms with Crippen LogP contribution in [0.4, 0.5) is 13.6 Å². The molecule has 1 atom stereocenters. The maximum Gasteiger partial charge on any atom is 0.409 e. The topological polar surface area (TPSA) is 93.8 Å². The number of rotatable bonds is 4. The van der Waals surface area contributed by atoms with Crippen molar-refractivity contribution < 1.29 is 32.6 Å². The van der Waals surface area contributed by atoms with Crippen molar-refractivity contribution in [1.29, 1.82) is 0 Å². The lowest BCUT2D eigenvalue weighted by molar-refractivity contribution is -0.0235. The van der Waals surface area contributed by atoms with Crippen molar-refractivity contribution >= 4 is 23.1 Å². The molecule has 4 rings (SSSR count). The second-order valence-electron chi connectivity index (χ2n) is 7.81. The smallest absolute Gasteiger partial charge is 0.409 e. The second kappa shape index (κ2) is 9.14. The lowest BCUT2D eigenvalue weighted by atomic mass is 9.99. The molecule has 0 radical (unpaired) electrons. The number of carbonyl (C=O) groups excluding carboxylic acids is 2. The van der Waals surface area contributed by atoms with E-state index in [0.29, 0.717) is 29.7 Å². The Labute approximate surface area is 188 Å². The fourth-order valence-corrected chi connectivity index (χ4v) is 4.06. The number of esters is 1. The molecule has 0 aliphatic carbocycles. The molecule has 0 spiro atoms. The van der Waals surface area contributed by atoms with Crippen LogP contribution in [0.1, 0.15) is 21.5 Å². The summed E-state index contributed by atoms with van der Waals surface area (Å²) < 4.78 is 45.4. The number of H-pyrrole nitrogens is 1. The zero-order chi connectivity index (χ0) is 23.7. The van der Waals surface area contributed by atoms with Crippen molar-refractivity contribution in [3.8, 4) is 11.3 Å². The average molecular weight is 459 g/mol. The van der Waals surface area contributed by atoms with Crippen LogP contribution in [0.3, 0.4) is 0 Å². The van der Waals surface area contributed by atoms with E-state index in [-0.39, 0.29) is 29.8 Å². The molecule has 2 aromatic heterocycles. The number of aryl methyl sites for hydroxylation is 1. The van der Waals surface area contributed by atoms with Gasteiger partial charge in [0.1, 0.15) is 11.6 Å². The number of benzene rings is 1. The van der Waals surface area contributed by atoms with E-state index in [2.05, 4.69) is 14.7 Å². The number of nitrogens with zero attached hydrogens (tertiary/aromatic N) is 2. The van der Waals surface area contributed by atoms with Gasteiger partial charge in [-0.2, -0.15) is 0 Å². The predicted molar refractivity (Wildman–Crippen MR) is 115 cm³/mol. The lowest BCUT2D eigenvalue weighted by Crippen LogP contribution is -2.46. The van der Waals surface area contributed by atoms with Gasteiger partial charge in [0, 0.05) is 24.7 Å². The van der Waals surface area contributed by atoms with Gasteiger partial charge in [-0.15, -0.1) is 0 Å². The van der Waals surface area contributed by atoms with Gasteiger partial charge in [-0.3, -0.25) is 4.98 Å². The van der Waals surface area contributed by atoms with Gasteiger partial charge in [-0.25, -0.2) is 18.4 Å². The number of aromatic amines is 1. The van der Waals surface area contributed by atoms with E-state index in [9.17, 15) is 9.59 Å². The highest BCUT2D eigenvalue weighted by molar-refractivity contribution is 5.92. The van der Waals surface area contributed by atoms with Crippen LogP contribution in [0.15, 0.2) is 24.4 Å². The largest absolute Gasteiger partial charge is 0.465 e. The molecule has 1 amide bonds. The van der Waals surface area contributed by atoms with Gasteiger partial charge in [-0.05, 0) is 30.7 Å². The molecule has 33 heavy (non-hydrogen) atoms. The van der Waals surface area contributed by atoms with Gasteiger partial charge in [0.25, 0.3) is 0 Å². The summed E-state index contributed by atoms with van der Waals surface area (Å²) >= 11 is 0. The molecule has 1 aliphatic heterocycles. The Kier molecular flexibility index (Phi) is 6.28. The minimum absolute atomic E-state index is 0.202. The highest BCUT2D eigenvalue weighted by atomic mass is 19.1. The number of hydrogen-bond donors (Lipinski definition) is 1. The fourth-order valence-electron chi connectivity index (χ4n) is 4.06. The third-order valence-corrected chi connectivity index (χ3v) is 5.59. The van der Waals surface area contributed by atoms with E-state index < -0.39 is 29.8 Å². The average Bonchev–Trinajstić information content (AvgIpc) is 3.14. The number of morpholine rings is 1. The molecule has 8 nitrogen and oxygen atoms in total. The number of methoxy groups -OCH3 is 2. The van der Waals surface area contributed by atoms with Gasteiger partial charge in [0.15, 0.2) is 0 Å². The fraction of sp³-hybridized carbons (Fsp3) is 0.348. The number of ether oxygens (including phenoxy) is 3. The zero-order valence-electron chi connectivity index (χ0n) is 18.4. The molecule has 0 saturated carbocycles. The standard InChI is InChI=1S/C23H23F2N3O5/c1-12-6-18-20(26-10-12)15(9-14-11-28(4-5-33-14)23(30)32-3)21(27-18)19-16(24)7-13(8-17(19)25)22(29)31-2/h6-8,10,14,27H,4-5,9,11H2,1-3H3/t14-/m0/s1. The van der Waals surface area contributed by atoms with E-state index in [0.717, 1.165) is 24.8 Å². The van der Waals surface area contributed by atoms with Gasteiger partial charge in [-0.1, -0.05) is 0 Å². The molecular formula is C23H23F2N3O5. The number of hydrogen-bond acceptors (Lipinski definition) is 6. The maximum atomic E-state index is 15.1. The molecule has 1 aromatic carbocycles. The van der Waals surface area contributed by atoms with Crippen LogP contribution in [-0.4, -0.2) is 67.0 Å². The molecule has 174 valence electrons. The van der Waals surface area contributed by atoms with Crippen molar-refractivity contribution in [3.05, 3.63) is 52.7 Å². The predicted octanol–water partition coefficient (Wildman–Crippen LogP) is 3.61. The Morgan fingerprint density at radius 1 is 1.21 bits per heavy atom. The van der Waals surface area contributed by atoms with Gasteiger partial charge < -0.3 is 24.1 Å². The van der Waals surface area contributed by atoms with Gasteiger partial charge >= 0.3 is 12.1 Å². The number of fused-ring (bicyclic) bond motifs is 1. The molecule has 10 heteroatoms. The van der Waals surface area contributed by atoms with Crippen molar-refractivity contribution in [2.75, 3.05) is 33.9 Å². The summed E-state index contributed by atoms with van der Waals surface area (Å²) in [5.74, 6) is -2.67. The SMILES string of the molecule is COC(=O)c1cc(F)c(-c2[nH]c3cc(C)cnc3c2C[C@H]2CN(C(=O)OC)CCO2)c(F)c1. The van der Waals surface area contributed by atoms with Crippen molar-refractivity contribution in [1.82, 2.24) is 14.9 Å². The summed E-state index contributed by atoms with van der Waals surface area (Å²) in [6, 6.07) is 3.71. The van der Waals surface area contributed by atoms with Gasteiger partial charge in [0.05, 0.1) is 61.3 Å². The summed E-state index contributed by atoms with van der Waals surface area (Å²) in [5.41, 5.74) is 2.23. The molecular weight excluding hydrogens is 436 g/mol. The summed E-state index contributed by atoms with van der Waals surface area (Å²) in [7, 11) is 2.44. The zero-order valence-corrected chi connectivity index (χ0v) is 18.4. The number of aromatic nitrogens is 2. The minimum atomic E-state index is -0.916. The normalized spacial score (nSPS) is 16.2. The highest BCUT2D eigenvalue weighted by Crippen LogP contribution is 2.35.